The predicted octanol–water partition coefficient (Wildman–Crippen LogP) is 1.42. The summed E-state index contributed by atoms with van der Waals surface area (Å²) in [7, 11) is 0. The fourth-order valence-electron chi connectivity index (χ4n) is 3.78. The molecule has 1 aromatic rings. The lowest BCUT2D eigenvalue weighted by atomic mass is 10.1. The van der Waals surface area contributed by atoms with Crippen molar-refractivity contribution in [2.24, 2.45) is 5.92 Å². The van der Waals surface area contributed by atoms with Crippen LogP contribution in [0.25, 0.3) is 0 Å². The summed E-state index contributed by atoms with van der Waals surface area (Å²) in [6.07, 6.45) is 0.507. The molecule has 26 heavy (non-hydrogen) atoms. The molecule has 2 aliphatic heterocycles. The molecule has 0 spiro atoms. The van der Waals surface area contributed by atoms with Gasteiger partial charge in [0.2, 0.25) is 17.7 Å². The van der Waals surface area contributed by atoms with Crippen molar-refractivity contribution in [1.82, 2.24) is 14.7 Å². The molecule has 1 aromatic carbocycles. The molecule has 2 fully saturated rings. The Hall–Kier alpha value is -2.37. The quantitative estimate of drug-likeness (QED) is 0.822. The molecule has 0 bridgehead atoms. The lowest BCUT2D eigenvalue weighted by Gasteiger charge is -2.39. The van der Waals surface area contributed by atoms with Crippen LogP contribution >= 0.6 is 0 Å². The maximum Gasteiger partial charge on any atom is 0.246 e. The molecule has 0 N–H and O–H groups in total. The van der Waals surface area contributed by atoms with Gasteiger partial charge < -0.3 is 14.7 Å². The molecule has 2 saturated heterocycles. The first-order valence-electron chi connectivity index (χ1n) is 9.29. The number of benzene rings is 1. The van der Waals surface area contributed by atoms with Gasteiger partial charge in [-0.1, -0.05) is 43.7 Å². The molecule has 3 amide bonds. The van der Waals surface area contributed by atoms with Crippen LogP contribution in [0.5, 0.6) is 0 Å². The van der Waals surface area contributed by atoms with E-state index in [9.17, 15) is 14.4 Å². The number of carbonyl (C=O) groups is 3. The summed E-state index contributed by atoms with van der Waals surface area (Å²) in [5.41, 5.74) is 2.17. The standard InChI is InChI=1S/C20H27N3O3/c1-14(2)19(25)21-8-7-17-20(26)22(13-18(24)23(17)10-9-21)12-16-6-4-5-15(3)11-16/h4-6,11,14,17H,7-10,12-13H2,1-3H3. The van der Waals surface area contributed by atoms with Gasteiger partial charge in [-0.3, -0.25) is 14.4 Å². The van der Waals surface area contributed by atoms with Gasteiger partial charge in [-0.05, 0) is 18.9 Å². The van der Waals surface area contributed by atoms with E-state index < -0.39 is 6.04 Å². The molecule has 6 nitrogen and oxygen atoms in total. The molecule has 0 radical (unpaired) electrons. The number of carbonyl (C=O) groups excluding carboxylic acids is 3. The molecule has 0 aliphatic carbocycles. The highest BCUT2D eigenvalue weighted by molar-refractivity contribution is 5.95. The van der Waals surface area contributed by atoms with E-state index in [0.29, 0.717) is 32.6 Å². The number of hydrogen-bond donors (Lipinski definition) is 0. The van der Waals surface area contributed by atoms with Crippen LogP contribution in [-0.4, -0.2) is 64.6 Å². The number of hydrogen-bond acceptors (Lipinski definition) is 3. The van der Waals surface area contributed by atoms with Gasteiger partial charge in [-0.15, -0.1) is 0 Å². The van der Waals surface area contributed by atoms with Crippen LogP contribution in [0.3, 0.4) is 0 Å². The average molecular weight is 357 g/mol. The zero-order valence-corrected chi connectivity index (χ0v) is 15.8. The maximum absolute atomic E-state index is 13.0. The topological polar surface area (TPSA) is 60.9 Å². The first-order valence-corrected chi connectivity index (χ1v) is 9.29. The molecule has 2 heterocycles. The molecular formula is C20H27N3O3. The summed E-state index contributed by atoms with van der Waals surface area (Å²) in [4.78, 5) is 43.0. The summed E-state index contributed by atoms with van der Waals surface area (Å²) in [6.45, 7) is 7.79. The van der Waals surface area contributed by atoms with Crippen LogP contribution in [0.4, 0.5) is 0 Å². The SMILES string of the molecule is Cc1cccc(CN2CC(=O)N3CCN(C(=O)C(C)C)CCC3C2=O)c1. The summed E-state index contributed by atoms with van der Waals surface area (Å²) in [5, 5.41) is 0. The minimum Gasteiger partial charge on any atom is -0.341 e. The van der Waals surface area contributed by atoms with Gasteiger partial charge in [0, 0.05) is 32.1 Å². The van der Waals surface area contributed by atoms with Crippen molar-refractivity contribution in [3.05, 3.63) is 35.4 Å². The second-order valence-electron chi connectivity index (χ2n) is 7.55. The maximum atomic E-state index is 13.0. The number of amides is 3. The van der Waals surface area contributed by atoms with Gasteiger partial charge >= 0.3 is 0 Å². The first-order chi connectivity index (χ1) is 12.4. The Morgan fingerprint density at radius 1 is 1.19 bits per heavy atom. The molecule has 1 atom stereocenters. The van der Waals surface area contributed by atoms with Crippen LogP contribution in [0.2, 0.25) is 0 Å². The summed E-state index contributed by atoms with van der Waals surface area (Å²) < 4.78 is 0. The van der Waals surface area contributed by atoms with E-state index in [1.807, 2.05) is 45.0 Å². The van der Waals surface area contributed by atoms with E-state index in [1.54, 1.807) is 14.7 Å². The fraction of sp³-hybridized carbons (Fsp3) is 0.550. The molecule has 140 valence electrons. The monoisotopic (exact) mass is 357 g/mol. The molecule has 1 unspecified atom stereocenters. The van der Waals surface area contributed by atoms with Crippen LogP contribution in [0.1, 0.15) is 31.4 Å². The van der Waals surface area contributed by atoms with Crippen molar-refractivity contribution in [2.45, 2.75) is 39.8 Å². The Morgan fingerprint density at radius 2 is 1.96 bits per heavy atom. The van der Waals surface area contributed by atoms with Crippen molar-refractivity contribution < 1.29 is 14.4 Å². The largest absolute Gasteiger partial charge is 0.341 e. The Morgan fingerprint density at radius 3 is 2.65 bits per heavy atom. The second-order valence-corrected chi connectivity index (χ2v) is 7.55. The zero-order chi connectivity index (χ0) is 18.8. The number of nitrogens with zero attached hydrogens (tertiary/aromatic N) is 3. The van der Waals surface area contributed by atoms with Crippen LogP contribution in [-0.2, 0) is 20.9 Å². The number of piperazine rings is 1. The number of aryl methyl sites for hydroxylation is 1. The second kappa shape index (κ2) is 7.48. The lowest BCUT2D eigenvalue weighted by Crippen LogP contribution is -2.59. The minimum atomic E-state index is -0.453. The van der Waals surface area contributed by atoms with Crippen molar-refractivity contribution in [2.75, 3.05) is 26.2 Å². The Bertz CT molecular complexity index is 716. The summed E-state index contributed by atoms with van der Waals surface area (Å²) in [5.74, 6) is -0.0261. The Labute approximate surface area is 154 Å². The van der Waals surface area contributed by atoms with Gasteiger partial charge in [0.25, 0.3) is 0 Å². The fourth-order valence-corrected chi connectivity index (χ4v) is 3.78. The third-order valence-corrected chi connectivity index (χ3v) is 5.16. The van der Waals surface area contributed by atoms with Gasteiger partial charge in [-0.25, -0.2) is 0 Å². The van der Waals surface area contributed by atoms with Crippen molar-refractivity contribution in [3.8, 4) is 0 Å². The zero-order valence-electron chi connectivity index (χ0n) is 15.8. The van der Waals surface area contributed by atoms with Gasteiger partial charge in [-0.2, -0.15) is 0 Å². The molecule has 3 rings (SSSR count). The highest BCUT2D eigenvalue weighted by atomic mass is 16.2. The van der Waals surface area contributed by atoms with Gasteiger partial charge in [0.05, 0.1) is 0 Å². The third-order valence-electron chi connectivity index (χ3n) is 5.16. The third kappa shape index (κ3) is 3.74. The van der Waals surface area contributed by atoms with Gasteiger partial charge in [0.15, 0.2) is 0 Å². The van der Waals surface area contributed by atoms with E-state index in [-0.39, 0.29) is 30.2 Å². The van der Waals surface area contributed by atoms with Crippen molar-refractivity contribution in [1.29, 1.82) is 0 Å². The van der Waals surface area contributed by atoms with Crippen molar-refractivity contribution >= 4 is 17.7 Å². The van der Waals surface area contributed by atoms with Crippen LogP contribution in [0.15, 0.2) is 24.3 Å². The van der Waals surface area contributed by atoms with E-state index in [4.69, 9.17) is 0 Å². The molecule has 2 aliphatic rings. The Balaban J connectivity index is 1.73. The van der Waals surface area contributed by atoms with E-state index >= 15 is 0 Å². The van der Waals surface area contributed by atoms with Crippen LogP contribution in [0, 0.1) is 12.8 Å². The number of fused-ring (bicyclic) bond motifs is 1. The smallest absolute Gasteiger partial charge is 0.246 e. The molecule has 0 aromatic heterocycles. The lowest BCUT2D eigenvalue weighted by molar-refractivity contribution is -0.156. The minimum absolute atomic E-state index is 0.00930. The summed E-state index contributed by atoms with van der Waals surface area (Å²) >= 11 is 0. The van der Waals surface area contributed by atoms with Crippen LogP contribution < -0.4 is 0 Å². The highest BCUT2D eigenvalue weighted by Crippen LogP contribution is 2.21. The highest BCUT2D eigenvalue weighted by Gasteiger charge is 2.41. The Kier molecular flexibility index (Phi) is 5.30. The van der Waals surface area contributed by atoms with Gasteiger partial charge in [0.1, 0.15) is 12.6 Å². The predicted molar refractivity (Wildman–Crippen MR) is 98.1 cm³/mol. The molecule has 0 saturated carbocycles. The van der Waals surface area contributed by atoms with Crippen molar-refractivity contribution in [3.63, 3.8) is 0 Å². The van der Waals surface area contributed by atoms with E-state index in [2.05, 4.69) is 0 Å². The first kappa shape index (κ1) is 18.4. The van der Waals surface area contributed by atoms with E-state index in [0.717, 1.165) is 11.1 Å². The molecule has 6 heteroatoms. The number of rotatable bonds is 3. The van der Waals surface area contributed by atoms with E-state index in [1.165, 1.54) is 0 Å². The average Bonchev–Trinajstić information content (AvgIpc) is 2.82. The normalized spacial score (nSPS) is 21.1. The summed E-state index contributed by atoms with van der Waals surface area (Å²) in [6, 6.07) is 7.55. The molecular weight excluding hydrogens is 330 g/mol.